The third-order valence-corrected chi connectivity index (χ3v) is 6.79. The minimum Gasteiger partial charge on any atom is -0.289 e. The highest BCUT2D eigenvalue weighted by Crippen LogP contribution is 2.26. The number of ketones is 2. The minimum atomic E-state index is -0.290. The van der Waals surface area contributed by atoms with Gasteiger partial charge in [0, 0.05) is 22.3 Å². The Morgan fingerprint density at radius 2 is 1.10 bits per heavy atom. The summed E-state index contributed by atoms with van der Waals surface area (Å²) in [6, 6.07) is 12.4. The predicted octanol–water partition coefficient (Wildman–Crippen LogP) is 5.92. The van der Waals surface area contributed by atoms with Crippen molar-refractivity contribution in [3.63, 3.8) is 0 Å². The van der Waals surface area contributed by atoms with Gasteiger partial charge in [-0.25, -0.2) is 0 Å². The van der Waals surface area contributed by atoms with E-state index in [9.17, 15) is 14.2 Å². The number of aryl methyl sites for hydroxylation is 2. The van der Waals surface area contributed by atoms with Gasteiger partial charge in [-0.1, -0.05) is 36.4 Å². The Hall–Kier alpha value is -2.90. The van der Waals surface area contributed by atoms with Gasteiger partial charge in [0.2, 0.25) is 0 Å². The van der Waals surface area contributed by atoms with Crippen LogP contribution in [0.2, 0.25) is 0 Å². The van der Waals surface area contributed by atoms with Gasteiger partial charge in [0.1, 0.15) is 0 Å². The molecule has 0 aliphatic carbocycles. The molecule has 0 N–H and O–H groups in total. The first kappa shape index (κ1) is 21.8. The summed E-state index contributed by atoms with van der Waals surface area (Å²) < 4.78 is 11.9. The summed E-state index contributed by atoms with van der Waals surface area (Å²) in [4.78, 5) is 27.1. The van der Waals surface area contributed by atoms with E-state index < -0.39 is 0 Å². The highest BCUT2D eigenvalue weighted by molar-refractivity contribution is 7.34. The summed E-state index contributed by atoms with van der Waals surface area (Å²) in [5.41, 5.74) is 7.65. The van der Waals surface area contributed by atoms with E-state index in [1.807, 2.05) is 53.7 Å². The lowest BCUT2D eigenvalue weighted by molar-refractivity contribution is 0.100. The SMILES string of the molecule is Cc1ccc(C(=O)c2cccc(P=O)c2C(=O)c2ccc(C)c(C)c2C)c(C)c1C. The van der Waals surface area contributed by atoms with Gasteiger partial charge in [-0.3, -0.25) is 14.2 Å². The second-order valence-electron chi connectivity index (χ2n) is 7.81. The molecule has 152 valence electrons. The molecular weight excluding hydrogens is 391 g/mol. The summed E-state index contributed by atoms with van der Waals surface area (Å²) in [7, 11) is -0.290. The molecule has 3 aromatic rings. The van der Waals surface area contributed by atoms with E-state index in [0.29, 0.717) is 16.4 Å². The highest BCUT2D eigenvalue weighted by atomic mass is 31.1. The van der Waals surface area contributed by atoms with Crippen LogP contribution in [-0.2, 0) is 4.57 Å². The fourth-order valence-electron chi connectivity index (χ4n) is 3.73. The van der Waals surface area contributed by atoms with Crippen molar-refractivity contribution in [3.05, 3.63) is 98.1 Å². The van der Waals surface area contributed by atoms with Crippen LogP contribution in [0, 0.1) is 41.5 Å². The molecule has 0 aliphatic heterocycles. The Bertz CT molecular complexity index is 1210. The van der Waals surface area contributed by atoms with Gasteiger partial charge in [0.25, 0.3) is 0 Å². The van der Waals surface area contributed by atoms with E-state index in [-0.39, 0.29) is 31.2 Å². The van der Waals surface area contributed by atoms with E-state index in [2.05, 4.69) is 0 Å². The largest absolute Gasteiger partial charge is 0.289 e. The summed E-state index contributed by atoms with van der Waals surface area (Å²) in [6.07, 6.45) is 0. The first-order valence-corrected chi connectivity index (χ1v) is 10.7. The van der Waals surface area contributed by atoms with Crippen LogP contribution >= 0.6 is 8.46 Å². The average molecular weight is 416 g/mol. The maximum Gasteiger partial charge on any atom is 0.195 e. The van der Waals surface area contributed by atoms with Crippen LogP contribution in [0.5, 0.6) is 0 Å². The maximum atomic E-state index is 13.6. The van der Waals surface area contributed by atoms with Crippen molar-refractivity contribution in [2.75, 3.05) is 0 Å². The Morgan fingerprint density at radius 1 is 0.600 bits per heavy atom. The maximum absolute atomic E-state index is 13.6. The van der Waals surface area contributed by atoms with Crippen molar-refractivity contribution in [2.45, 2.75) is 41.5 Å². The molecule has 0 saturated carbocycles. The van der Waals surface area contributed by atoms with E-state index >= 15 is 0 Å². The molecule has 0 unspecified atom stereocenters. The van der Waals surface area contributed by atoms with Gasteiger partial charge in [-0.15, -0.1) is 0 Å². The van der Waals surface area contributed by atoms with Crippen molar-refractivity contribution < 1.29 is 14.2 Å². The fourth-order valence-corrected chi connectivity index (χ4v) is 4.19. The Kier molecular flexibility index (Phi) is 6.14. The second kappa shape index (κ2) is 8.45. The quantitative estimate of drug-likeness (QED) is 0.383. The van der Waals surface area contributed by atoms with Crippen LogP contribution in [0.15, 0.2) is 42.5 Å². The van der Waals surface area contributed by atoms with E-state index in [1.165, 1.54) is 0 Å². The van der Waals surface area contributed by atoms with Gasteiger partial charge in [-0.05, 0) is 81.0 Å². The Morgan fingerprint density at radius 3 is 1.60 bits per heavy atom. The van der Waals surface area contributed by atoms with Crippen molar-refractivity contribution in [2.24, 2.45) is 0 Å². The van der Waals surface area contributed by atoms with Crippen LogP contribution in [0.4, 0.5) is 0 Å². The number of rotatable bonds is 5. The fraction of sp³-hybridized carbons (Fsp3) is 0.231. The lowest BCUT2D eigenvalue weighted by atomic mass is 9.87. The molecule has 0 saturated heterocycles. The number of benzene rings is 3. The minimum absolute atomic E-state index is 0.211. The topological polar surface area (TPSA) is 51.2 Å². The predicted molar refractivity (Wildman–Crippen MR) is 122 cm³/mol. The molecule has 0 heterocycles. The number of hydrogen-bond donors (Lipinski definition) is 0. The van der Waals surface area contributed by atoms with E-state index in [0.717, 1.165) is 33.4 Å². The van der Waals surface area contributed by atoms with Crippen LogP contribution < -0.4 is 5.30 Å². The number of hydrogen-bond acceptors (Lipinski definition) is 3. The third-order valence-electron chi connectivity index (χ3n) is 6.22. The zero-order valence-electron chi connectivity index (χ0n) is 18.2. The molecule has 4 heteroatoms. The lowest BCUT2D eigenvalue weighted by Crippen LogP contribution is -2.20. The molecule has 0 radical (unpaired) electrons. The zero-order chi connectivity index (χ0) is 22.2. The van der Waals surface area contributed by atoms with Crippen LogP contribution in [-0.4, -0.2) is 11.6 Å². The standard InChI is InChI=1S/C26H25O3P/c1-14-10-12-20(18(5)16(14)3)25(27)22-8-7-9-23(30-29)24(22)26(28)21-13-11-15(2)17(4)19(21)6/h7-13H,1-6H3. The molecule has 0 amide bonds. The molecule has 3 aromatic carbocycles. The van der Waals surface area contributed by atoms with Crippen molar-refractivity contribution >= 4 is 25.3 Å². The summed E-state index contributed by atoms with van der Waals surface area (Å²) in [5, 5.41) is 0.324. The molecule has 3 rings (SSSR count). The molecule has 0 bridgehead atoms. The molecule has 30 heavy (non-hydrogen) atoms. The van der Waals surface area contributed by atoms with Crippen LogP contribution in [0.1, 0.15) is 65.2 Å². The van der Waals surface area contributed by atoms with Crippen molar-refractivity contribution in [1.29, 1.82) is 0 Å². The monoisotopic (exact) mass is 416 g/mol. The Balaban J connectivity index is 2.24. The van der Waals surface area contributed by atoms with Gasteiger partial charge in [0.05, 0.1) is 5.30 Å². The Labute approximate surface area is 179 Å². The zero-order valence-corrected chi connectivity index (χ0v) is 19.1. The van der Waals surface area contributed by atoms with Crippen LogP contribution in [0.25, 0.3) is 0 Å². The summed E-state index contributed by atoms with van der Waals surface area (Å²) in [6.45, 7) is 11.8. The van der Waals surface area contributed by atoms with E-state index in [1.54, 1.807) is 30.3 Å². The van der Waals surface area contributed by atoms with Crippen molar-refractivity contribution in [1.82, 2.24) is 0 Å². The molecular formula is C26H25O3P. The molecule has 0 fully saturated rings. The van der Waals surface area contributed by atoms with Gasteiger partial charge in [0.15, 0.2) is 20.0 Å². The van der Waals surface area contributed by atoms with Gasteiger partial charge in [-0.2, -0.15) is 0 Å². The van der Waals surface area contributed by atoms with E-state index in [4.69, 9.17) is 0 Å². The molecule has 0 aliphatic rings. The number of carbonyl (C=O) groups excluding carboxylic acids is 2. The molecule has 0 spiro atoms. The first-order chi connectivity index (χ1) is 14.2. The molecule has 3 nitrogen and oxygen atoms in total. The second-order valence-corrected chi connectivity index (χ2v) is 8.47. The summed E-state index contributed by atoms with van der Waals surface area (Å²) in [5.74, 6) is -0.509. The smallest absolute Gasteiger partial charge is 0.195 e. The van der Waals surface area contributed by atoms with Gasteiger partial charge >= 0.3 is 0 Å². The average Bonchev–Trinajstić information content (AvgIpc) is 2.74. The normalized spacial score (nSPS) is 11.0. The molecule has 0 aromatic heterocycles. The van der Waals surface area contributed by atoms with Gasteiger partial charge < -0.3 is 0 Å². The summed E-state index contributed by atoms with van der Waals surface area (Å²) >= 11 is 0. The third kappa shape index (κ3) is 3.66. The highest BCUT2D eigenvalue weighted by Gasteiger charge is 2.25. The lowest BCUT2D eigenvalue weighted by Gasteiger charge is -2.15. The van der Waals surface area contributed by atoms with Crippen molar-refractivity contribution in [3.8, 4) is 0 Å². The first-order valence-electron chi connectivity index (χ1n) is 9.88. The molecule has 0 atom stereocenters. The number of carbonyl (C=O) groups is 2. The van der Waals surface area contributed by atoms with Crippen LogP contribution in [0.3, 0.4) is 0 Å².